The van der Waals surface area contributed by atoms with Gasteiger partial charge in [0.15, 0.2) is 17.5 Å². The first-order valence-corrected chi connectivity index (χ1v) is 34.5. The number of para-hydroxylation sites is 1. The van der Waals surface area contributed by atoms with Crippen molar-refractivity contribution in [2.45, 2.75) is 183 Å². The summed E-state index contributed by atoms with van der Waals surface area (Å²) in [5.74, 6) is -14.4. The Hall–Kier alpha value is -9.16. The first kappa shape index (κ1) is 79.9. The molecule has 7 amide bonds. The zero-order valence-electron chi connectivity index (χ0n) is 58.2. The van der Waals surface area contributed by atoms with E-state index in [9.17, 15) is 84.6 Å². The molecule has 5 aromatic rings. The molecule has 6 aliphatic rings. The third-order valence-corrected chi connectivity index (χ3v) is 19.2. The van der Waals surface area contributed by atoms with E-state index in [2.05, 4.69) is 42.5 Å². The molecule has 1 saturated carbocycles. The molecule has 0 radical (unpaired) electrons. The number of fused-ring (bicyclic) bond motifs is 6. The number of primary amides is 1. The molecule has 20 N–H and O–H groups in total. The highest BCUT2D eigenvalue weighted by Crippen LogP contribution is 2.48. The Morgan fingerprint density at radius 3 is 1.93 bits per heavy atom. The van der Waals surface area contributed by atoms with Crippen molar-refractivity contribution < 1.29 is 113 Å². The lowest BCUT2D eigenvalue weighted by molar-refractivity contribution is -0.299. The van der Waals surface area contributed by atoms with Gasteiger partial charge in [0.1, 0.15) is 95.6 Å². The number of aliphatic hydroxyl groups is 6. The van der Waals surface area contributed by atoms with Crippen molar-refractivity contribution in [3.05, 3.63) is 117 Å². The standard InChI is InChI=1S/C71H87Cl2N9O23/c1-28(2)18-41(75-8)64(94)80-54-56(88)33-13-16-45(39(72)21-33)102-47-10-9-11-48(60(47)105-70-61(59(91)58(90)49(27-83)104-70)101-36-19-30(5)62(92)71(7,26-36)82-29(3)4)103-46-17-14-34(22-40(46)73)57(89)55-68(98)79-53(69(99)100)38-23-35(84)24-44(86)51(38)37-20-32(12-15-43(37)85)52(66(96)81-55)78-63(93)31(6)76-65(95)42(25-50(74)87)77-67(54)97/h9-17,20-24,28-31,36,41-42,49,52-59,61-62,70,75,82-86,88-92H,18-19,25-27H2,1-8H3,(H2,74,87)(H,76,95)(H,77,97)(H,78,93)(H,79,98)(H,80,94)(H,81,96)(H,99,100). The van der Waals surface area contributed by atoms with Gasteiger partial charge in [-0.2, -0.15) is 0 Å². The van der Waals surface area contributed by atoms with Crippen LogP contribution < -0.4 is 62.5 Å². The normalized spacial score (nSPS) is 28.6. The van der Waals surface area contributed by atoms with E-state index in [4.69, 9.17) is 52.6 Å². The monoisotopic (exact) mass is 1500 g/mol. The highest BCUT2D eigenvalue weighted by atomic mass is 35.5. The number of halogens is 2. The highest BCUT2D eigenvalue weighted by Gasteiger charge is 2.51. The number of hydrogen-bond acceptors (Lipinski definition) is 24. The molecule has 568 valence electrons. The molecule has 5 aromatic carbocycles. The minimum atomic E-state index is -2.29. The van der Waals surface area contributed by atoms with E-state index in [1.54, 1.807) is 0 Å². The third kappa shape index (κ3) is 18.2. The van der Waals surface area contributed by atoms with E-state index in [0.29, 0.717) is 0 Å². The topological polar surface area (TPSA) is 507 Å². The van der Waals surface area contributed by atoms with Crippen LogP contribution in [0.3, 0.4) is 0 Å². The van der Waals surface area contributed by atoms with Gasteiger partial charge in [0, 0.05) is 34.3 Å². The smallest absolute Gasteiger partial charge is 0.330 e. The van der Waals surface area contributed by atoms with E-state index < -0.39 is 203 Å². The van der Waals surface area contributed by atoms with E-state index in [-0.39, 0.29) is 86.9 Å². The molecule has 18 unspecified atom stereocenters. The minimum absolute atomic E-state index is 0.0959. The van der Waals surface area contributed by atoms with Crippen molar-refractivity contribution in [3.8, 4) is 57.1 Å². The number of nitrogens with two attached hydrogens (primary N) is 1. The number of carboxylic acids is 1. The number of rotatable bonds is 15. The molecule has 1 aliphatic carbocycles. The number of phenolic OH excluding ortho intramolecular Hbond substituents is 3. The number of aromatic hydroxyl groups is 3. The second-order valence-electron chi connectivity index (χ2n) is 27.5. The van der Waals surface area contributed by atoms with Crippen molar-refractivity contribution in [1.82, 2.24) is 42.5 Å². The Kier molecular flexibility index (Phi) is 25.5. The van der Waals surface area contributed by atoms with Gasteiger partial charge in [0.2, 0.25) is 53.4 Å². The molecule has 5 aliphatic heterocycles. The van der Waals surface area contributed by atoms with Gasteiger partial charge in [-0.1, -0.05) is 82.1 Å². The van der Waals surface area contributed by atoms with Crippen LogP contribution in [0.4, 0.5) is 0 Å². The fourth-order valence-corrected chi connectivity index (χ4v) is 13.9. The van der Waals surface area contributed by atoms with Gasteiger partial charge in [-0.15, -0.1) is 0 Å². The van der Waals surface area contributed by atoms with Crippen LogP contribution in [0.15, 0.2) is 84.9 Å². The quantitative estimate of drug-likeness (QED) is 0.0714. The molecule has 5 heterocycles. The van der Waals surface area contributed by atoms with Crippen LogP contribution in [0.25, 0.3) is 11.1 Å². The predicted octanol–water partition coefficient (Wildman–Crippen LogP) is 2.14. The maximum absolute atomic E-state index is 15.1. The minimum Gasteiger partial charge on any atom is -0.508 e. The molecule has 11 rings (SSSR count). The van der Waals surface area contributed by atoms with Crippen LogP contribution >= 0.6 is 23.2 Å². The number of phenols is 3. The number of carbonyl (C=O) groups is 8. The number of hydrogen-bond donors (Lipinski definition) is 19. The fraction of sp³-hybridized carbons (Fsp3) is 0.465. The number of nitrogens with one attached hydrogen (secondary N) is 8. The molecule has 0 spiro atoms. The van der Waals surface area contributed by atoms with Crippen molar-refractivity contribution in [2.75, 3.05) is 13.7 Å². The lowest BCUT2D eigenvalue weighted by Crippen LogP contribution is -2.64. The summed E-state index contributed by atoms with van der Waals surface area (Å²) < 4.78 is 32.5. The Morgan fingerprint density at radius 1 is 0.724 bits per heavy atom. The van der Waals surface area contributed by atoms with E-state index >= 15 is 4.79 Å². The maximum atomic E-state index is 15.1. The van der Waals surface area contributed by atoms with Crippen LogP contribution in [0.2, 0.25) is 10.0 Å². The number of carboxylic acid groups (broad SMARTS) is 1. The number of carbonyl (C=O) groups excluding carboxylic acids is 7. The van der Waals surface area contributed by atoms with Crippen LogP contribution in [-0.4, -0.2) is 197 Å². The van der Waals surface area contributed by atoms with Gasteiger partial charge in [0.05, 0.1) is 41.3 Å². The summed E-state index contributed by atoms with van der Waals surface area (Å²) in [6.45, 7) is 11.3. The summed E-state index contributed by atoms with van der Waals surface area (Å²) >= 11 is 14.1. The average molecular weight is 1510 g/mol. The lowest BCUT2D eigenvalue weighted by Gasteiger charge is -2.49. The zero-order valence-corrected chi connectivity index (χ0v) is 59.7. The number of ether oxygens (including phenoxy) is 5. The van der Waals surface area contributed by atoms with E-state index in [1.807, 2.05) is 41.5 Å². The average Bonchev–Trinajstić information content (AvgIpc) is 0.774. The Bertz CT molecular complexity index is 4100. The summed E-state index contributed by atoms with van der Waals surface area (Å²) in [6, 6.07) is 2.66. The first-order valence-electron chi connectivity index (χ1n) is 33.7. The van der Waals surface area contributed by atoms with Gasteiger partial charge in [0.25, 0.3) is 0 Å². The lowest BCUT2D eigenvalue weighted by atomic mass is 9.73. The van der Waals surface area contributed by atoms with Crippen LogP contribution in [0.1, 0.15) is 121 Å². The zero-order chi connectivity index (χ0) is 77.0. The molecule has 34 heteroatoms. The summed E-state index contributed by atoms with van der Waals surface area (Å²) in [4.78, 5) is 114. The predicted molar refractivity (Wildman–Crippen MR) is 373 cm³/mol. The number of amides is 7. The van der Waals surface area contributed by atoms with E-state index in [1.165, 1.54) is 55.6 Å². The molecule has 1 saturated heterocycles. The summed E-state index contributed by atoms with van der Waals surface area (Å²) in [7, 11) is 1.48. The summed E-state index contributed by atoms with van der Waals surface area (Å²) in [5.41, 5.74) is 2.52. The second-order valence-corrected chi connectivity index (χ2v) is 28.3. The Balaban J connectivity index is 1.21. The molecule has 32 nitrogen and oxygen atoms in total. The van der Waals surface area contributed by atoms with E-state index in [0.717, 1.165) is 43.3 Å². The van der Waals surface area contributed by atoms with Crippen LogP contribution in [0.5, 0.6) is 46.0 Å². The number of aliphatic carboxylic acids is 1. The van der Waals surface area contributed by atoms with Crippen LogP contribution in [-0.2, 0) is 47.8 Å². The molecule has 18 atom stereocenters. The maximum Gasteiger partial charge on any atom is 0.330 e. The second kappa shape index (κ2) is 33.5. The SMILES string of the molecule is CNC(CC(C)C)C(=O)NC1C(=O)NC(CC(N)=O)C(=O)NC(C)C(=O)NC2C(=O)NC(C(=O)NC(C(=O)O)c3cc(O)cc(O)c3-c3cc2ccc3O)C(O)c2ccc(c(Cl)c2)Oc2cccc(c2OC2OC(CO)C(O)C(O)C2OC2CC(C)C(O)C(C)(NC(C)C)C2)Oc2ccc(cc2Cl)C1O. The Morgan fingerprint density at radius 2 is 1.35 bits per heavy atom. The molecule has 2 fully saturated rings. The number of likely N-dealkylation sites (N-methyl/N-ethyl adjacent to an activating group) is 1. The molecule has 10 bridgehead atoms. The van der Waals surface area contributed by atoms with Crippen molar-refractivity contribution in [3.63, 3.8) is 0 Å². The van der Waals surface area contributed by atoms with Crippen molar-refractivity contribution in [1.29, 1.82) is 0 Å². The number of benzene rings is 5. The molecular formula is C71H87Cl2N9O23. The molecule has 0 aromatic heterocycles. The fourth-order valence-electron chi connectivity index (χ4n) is 13.5. The highest BCUT2D eigenvalue weighted by molar-refractivity contribution is 6.32. The third-order valence-electron chi connectivity index (χ3n) is 18.6. The molecular weight excluding hydrogens is 1420 g/mol. The summed E-state index contributed by atoms with van der Waals surface area (Å²) in [6.07, 6.45) is -14.7. The van der Waals surface area contributed by atoms with Gasteiger partial charge >= 0.3 is 5.97 Å². The molecule has 105 heavy (non-hydrogen) atoms. The number of aliphatic hydroxyl groups excluding tert-OH is 6. The summed E-state index contributed by atoms with van der Waals surface area (Å²) in [5, 5.41) is 134. The Labute approximate surface area is 612 Å². The van der Waals surface area contributed by atoms with Crippen molar-refractivity contribution in [2.24, 2.45) is 17.6 Å². The van der Waals surface area contributed by atoms with Gasteiger partial charge in [-0.3, -0.25) is 33.6 Å². The van der Waals surface area contributed by atoms with Crippen molar-refractivity contribution >= 4 is 70.5 Å². The first-order chi connectivity index (χ1) is 49.5. The van der Waals surface area contributed by atoms with Gasteiger partial charge < -0.3 is 123 Å². The van der Waals surface area contributed by atoms with Crippen LogP contribution in [0, 0.1) is 11.8 Å². The van der Waals surface area contributed by atoms with Gasteiger partial charge in [-0.25, -0.2) is 4.79 Å². The van der Waals surface area contributed by atoms with Gasteiger partial charge in [-0.05, 0) is 123 Å². The largest absolute Gasteiger partial charge is 0.508 e.